The minimum atomic E-state index is 0.0959. The standard InChI is InChI=1S/C19H26N2O3/c1-12-10-15(6-7-20-12)19(22)21-18(13-2-3-13)14-4-5-16-17(11-14)24-9-8-23-16/h4-5,11-13,15,18,20H,2-3,6-10H2,1H3,(H,21,22)/t12-,15-,18?/m0/s1. The molecule has 0 aromatic heterocycles. The first kappa shape index (κ1) is 15.8. The summed E-state index contributed by atoms with van der Waals surface area (Å²) in [6, 6.07) is 6.60. The maximum atomic E-state index is 12.8. The molecule has 130 valence electrons. The van der Waals surface area contributed by atoms with Crippen molar-refractivity contribution in [1.29, 1.82) is 0 Å². The molecular weight excluding hydrogens is 304 g/mol. The highest BCUT2D eigenvalue weighted by Gasteiger charge is 2.36. The minimum absolute atomic E-state index is 0.0959. The molecule has 0 spiro atoms. The molecule has 1 saturated carbocycles. The van der Waals surface area contributed by atoms with E-state index in [0.29, 0.717) is 25.2 Å². The Morgan fingerprint density at radius 3 is 2.75 bits per heavy atom. The van der Waals surface area contributed by atoms with Gasteiger partial charge in [-0.25, -0.2) is 0 Å². The summed E-state index contributed by atoms with van der Waals surface area (Å²) >= 11 is 0. The maximum absolute atomic E-state index is 12.8. The number of carbonyl (C=O) groups is 1. The van der Waals surface area contributed by atoms with E-state index in [0.717, 1.165) is 36.4 Å². The second-order valence-corrected chi connectivity index (χ2v) is 7.30. The normalized spacial score (nSPS) is 27.4. The third-order valence-electron chi connectivity index (χ3n) is 5.31. The Morgan fingerprint density at radius 1 is 1.21 bits per heavy atom. The largest absolute Gasteiger partial charge is 0.486 e. The number of hydrogen-bond donors (Lipinski definition) is 2. The highest BCUT2D eigenvalue weighted by Crippen LogP contribution is 2.43. The summed E-state index contributed by atoms with van der Waals surface area (Å²) < 4.78 is 11.3. The van der Waals surface area contributed by atoms with Gasteiger partial charge in [-0.2, -0.15) is 0 Å². The number of ether oxygens (including phenoxy) is 2. The van der Waals surface area contributed by atoms with Gasteiger partial charge >= 0.3 is 0 Å². The van der Waals surface area contributed by atoms with Crippen LogP contribution in [0.15, 0.2) is 18.2 Å². The molecule has 4 rings (SSSR count). The van der Waals surface area contributed by atoms with Gasteiger partial charge in [-0.1, -0.05) is 6.07 Å². The van der Waals surface area contributed by atoms with Crippen molar-refractivity contribution in [3.63, 3.8) is 0 Å². The lowest BCUT2D eigenvalue weighted by Gasteiger charge is -2.29. The second-order valence-electron chi connectivity index (χ2n) is 7.30. The average Bonchev–Trinajstić information content (AvgIpc) is 3.44. The third-order valence-corrected chi connectivity index (χ3v) is 5.31. The van der Waals surface area contributed by atoms with Crippen molar-refractivity contribution in [2.45, 2.75) is 44.7 Å². The van der Waals surface area contributed by atoms with E-state index in [2.05, 4.69) is 23.6 Å². The number of piperidine rings is 1. The van der Waals surface area contributed by atoms with Crippen molar-refractivity contribution in [3.05, 3.63) is 23.8 Å². The Morgan fingerprint density at radius 2 is 2.00 bits per heavy atom. The van der Waals surface area contributed by atoms with Crippen LogP contribution in [0.2, 0.25) is 0 Å². The third kappa shape index (κ3) is 3.36. The van der Waals surface area contributed by atoms with Crippen LogP contribution in [0, 0.1) is 11.8 Å². The zero-order valence-corrected chi connectivity index (χ0v) is 14.2. The van der Waals surface area contributed by atoms with Crippen LogP contribution in [0.3, 0.4) is 0 Å². The molecule has 5 nitrogen and oxygen atoms in total. The zero-order chi connectivity index (χ0) is 16.5. The number of benzene rings is 1. The number of carbonyl (C=O) groups excluding carboxylic acids is 1. The van der Waals surface area contributed by atoms with E-state index >= 15 is 0 Å². The van der Waals surface area contributed by atoms with E-state index in [9.17, 15) is 4.79 Å². The van der Waals surface area contributed by atoms with Crippen LogP contribution >= 0.6 is 0 Å². The number of fused-ring (bicyclic) bond motifs is 1. The van der Waals surface area contributed by atoms with Crippen LogP contribution in [0.4, 0.5) is 0 Å². The lowest BCUT2D eigenvalue weighted by atomic mass is 9.91. The minimum Gasteiger partial charge on any atom is -0.486 e. The Bertz CT molecular complexity index is 615. The van der Waals surface area contributed by atoms with Crippen LogP contribution in [0.1, 0.15) is 44.2 Å². The quantitative estimate of drug-likeness (QED) is 0.890. The molecule has 1 unspecified atom stereocenters. The first-order valence-electron chi connectivity index (χ1n) is 9.14. The molecule has 1 aromatic carbocycles. The topological polar surface area (TPSA) is 59.6 Å². The number of amides is 1. The van der Waals surface area contributed by atoms with Crippen molar-refractivity contribution in [2.24, 2.45) is 11.8 Å². The zero-order valence-electron chi connectivity index (χ0n) is 14.2. The fraction of sp³-hybridized carbons (Fsp3) is 0.632. The Hall–Kier alpha value is -1.75. The number of nitrogens with one attached hydrogen (secondary N) is 2. The van der Waals surface area contributed by atoms with E-state index in [1.54, 1.807) is 0 Å². The van der Waals surface area contributed by atoms with Crippen molar-refractivity contribution in [1.82, 2.24) is 10.6 Å². The molecule has 1 saturated heterocycles. The summed E-state index contributed by atoms with van der Waals surface area (Å²) in [5.74, 6) is 2.48. The molecule has 1 amide bonds. The van der Waals surface area contributed by atoms with Crippen molar-refractivity contribution in [3.8, 4) is 11.5 Å². The van der Waals surface area contributed by atoms with Gasteiger partial charge in [-0.15, -0.1) is 0 Å². The van der Waals surface area contributed by atoms with Gasteiger partial charge in [0.2, 0.25) is 5.91 Å². The summed E-state index contributed by atoms with van der Waals surface area (Å²) in [4.78, 5) is 12.8. The van der Waals surface area contributed by atoms with E-state index in [4.69, 9.17) is 9.47 Å². The highest BCUT2D eigenvalue weighted by atomic mass is 16.6. The predicted octanol–water partition coefficient (Wildman–Crippen LogP) is 2.41. The van der Waals surface area contributed by atoms with E-state index in [1.165, 1.54) is 12.8 Å². The molecule has 3 aliphatic rings. The van der Waals surface area contributed by atoms with E-state index in [1.807, 2.05) is 12.1 Å². The van der Waals surface area contributed by atoms with Crippen LogP contribution in [-0.4, -0.2) is 31.7 Å². The lowest BCUT2D eigenvalue weighted by Crippen LogP contribution is -2.43. The van der Waals surface area contributed by atoms with Gasteiger partial charge in [0, 0.05) is 12.0 Å². The summed E-state index contributed by atoms with van der Waals surface area (Å²) in [5, 5.41) is 6.74. The van der Waals surface area contributed by atoms with Crippen LogP contribution in [-0.2, 0) is 4.79 Å². The van der Waals surface area contributed by atoms with Crippen LogP contribution in [0.5, 0.6) is 11.5 Å². The summed E-state index contributed by atoms with van der Waals surface area (Å²) in [7, 11) is 0. The molecule has 2 heterocycles. The smallest absolute Gasteiger partial charge is 0.223 e. The highest BCUT2D eigenvalue weighted by molar-refractivity contribution is 5.79. The van der Waals surface area contributed by atoms with Gasteiger partial charge in [0.25, 0.3) is 0 Å². The fourth-order valence-corrected chi connectivity index (χ4v) is 3.80. The maximum Gasteiger partial charge on any atom is 0.223 e. The van der Waals surface area contributed by atoms with Crippen molar-refractivity contribution < 1.29 is 14.3 Å². The second kappa shape index (κ2) is 6.63. The summed E-state index contributed by atoms with van der Waals surface area (Å²) in [6.07, 6.45) is 4.21. The van der Waals surface area contributed by atoms with E-state index in [-0.39, 0.29) is 17.9 Å². The summed E-state index contributed by atoms with van der Waals surface area (Å²) in [5.41, 5.74) is 1.14. The van der Waals surface area contributed by atoms with Gasteiger partial charge in [0.05, 0.1) is 6.04 Å². The Balaban J connectivity index is 1.49. The SMILES string of the molecule is C[C@H]1C[C@@H](C(=O)NC(c2ccc3c(c2)OCCO3)C2CC2)CCN1. The molecule has 2 aliphatic heterocycles. The molecule has 3 atom stereocenters. The predicted molar refractivity (Wildman–Crippen MR) is 91.2 cm³/mol. The summed E-state index contributed by atoms with van der Waals surface area (Å²) in [6.45, 7) is 4.27. The van der Waals surface area contributed by atoms with Gasteiger partial charge in [-0.3, -0.25) is 4.79 Å². The molecule has 0 bridgehead atoms. The fourth-order valence-electron chi connectivity index (χ4n) is 3.80. The first-order valence-corrected chi connectivity index (χ1v) is 9.14. The average molecular weight is 330 g/mol. The molecule has 24 heavy (non-hydrogen) atoms. The first-order chi connectivity index (χ1) is 11.7. The number of hydrogen-bond acceptors (Lipinski definition) is 4. The molecule has 2 N–H and O–H groups in total. The monoisotopic (exact) mass is 330 g/mol. The number of rotatable bonds is 4. The van der Waals surface area contributed by atoms with Crippen molar-refractivity contribution in [2.75, 3.05) is 19.8 Å². The molecular formula is C19H26N2O3. The van der Waals surface area contributed by atoms with Gasteiger partial charge in [0.15, 0.2) is 11.5 Å². The van der Waals surface area contributed by atoms with Gasteiger partial charge < -0.3 is 20.1 Å². The molecule has 2 fully saturated rings. The van der Waals surface area contributed by atoms with Gasteiger partial charge in [0.1, 0.15) is 13.2 Å². The molecule has 1 aliphatic carbocycles. The molecule has 0 radical (unpaired) electrons. The lowest BCUT2D eigenvalue weighted by molar-refractivity contribution is -0.127. The van der Waals surface area contributed by atoms with Gasteiger partial charge in [-0.05, 0) is 62.8 Å². The molecule has 5 heteroatoms. The molecule has 1 aromatic rings. The Labute approximate surface area is 143 Å². The Kier molecular flexibility index (Phi) is 4.35. The van der Waals surface area contributed by atoms with Crippen LogP contribution < -0.4 is 20.1 Å². The van der Waals surface area contributed by atoms with Crippen molar-refractivity contribution >= 4 is 5.91 Å². The van der Waals surface area contributed by atoms with Crippen LogP contribution in [0.25, 0.3) is 0 Å². The van der Waals surface area contributed by atoms with E-state index < -0.39 is 0 Å².